The average molecular weight is 428 g/mol. The maximum absolute atomic E-state index is 9.21. The highest BCUT2D eigenvalue weighted by atomic mass is 79.9. The van der Waals surface area contributed by atoms with Gasteiger partial charge in [0.2, 0.25) is 0 Å². The van der Waals surface area contributed by atoms with Gasteiger partial charge in [-0.3, -0.25) is 0 Å². The highest BCUT2D eigenvalue weighted by Crippen LogP contribution is 2.25. The van der Waals surface area contributed by atoms with Crippen LogP contribution in [0.4, 0.5) is 0 Å². The predicted octanol–water partition coefficient (Wildman–Crippen LogP) is 3.74. The molecule has 2 aromatic rings. The van der Waals surface area contributed by atoms with E-state index in [4.69, 9.17) is 16.3 Å². The number of ether oxygens (including phenoxy) is 1. The van der Waals surface area contributed by atoms with E-state index in [9.17, 15) is 5.11 Å². The molecule has 0 saturated carbocycles. The number of nitrogens with one attached hydrogen (secondary N) is 2. The maximum atomic E-state index is 9.21. The number of hydrogen-bond donors (Lipinski definition) is 3. The second-order valence-electron chi connectivity index (χ2n) is 5.86. The van der Waals surface area contributed by atoms with Crippen LogP contribution in [0.15, 0.2) is 46.9 Å². The van der Waals surface area contributed by atoms with Crippen molar-refractivity contribution in [2.45, 2.75) is 26.2 Å². The molecule has 0 aliphatic rings. The summed E-state index contributed by atoms with van der Waals surface area (Å²) in [6.07, 6.45) is -0.324. The van der Waals surface area contributed by atoms with E-state index in [1.165, 1.54) is 0 Å². The van der Waals surface area contributed by atoms with Crippen molar-refractivity contribution in [1.82, 2.24) is 10.6 Å². The number of aliphatic hydroxyl groups excluding tert-OH is 1. The number of rotatable bonds is 10. The van der Waals surface area contributed by atoms with Crippen LogP contribution >= 0.6 is 27.5 Å². The summed E-state index contributed by atoms with van der Waals surface area (Å²) in [7, 11) is 0. The Balaban J connectivity index is 1.87. The van der Waals surface area contributed by atoms with Gasteiger partial charge in [0, 0.05) is 46.8 Å². The Hall–Kier alpha value is -1.11. The molecule has 0 heterocycles. The van der Waals surface area contributed by atoms with Crippen LogP contribution in [0.5, 0.6) is 5.75 Å². The zero-order valence-electron chi connectivity index (χ0n) is 14.3. The summed E-state index contributed by atoms with van der Waals surface area (Å²) in [4.78, 5) is 0. The first-order valence-electron chi connectivity index (χ1n) is 8.30. The summed E-state index contributed by atoms with van der Waals surface area (Å²) in [5.74, 6) is 0.840. The summed E-state index contributed by atoms with van der Waals surface area (Å²) < 4.78 is 6.99. The van der Waals surface area contributed by atoms with E-state index in [-0.39, 0.29) is 6.10 Å². The van der Waals surface area contributed by atoms with E-state index in [1.54, 1.807) is 6.92 Å². The molecule has 136 valence electrons. The van der Waals surface area contributed by atoms with Gasteiger partial charge < -0.3 is 20.5 Å². The Morgan fingerprint density at radius 2 is 1.88 bits per heavy atom. The highest BCUT2D eigenvalue weighted by Gasteiger charge is 2.07. The van der Waals surface area contributed by atoms with Crippen molar-refractivity contribution >= 4 is 27.5 Å². The SMILES string of the molecule is C[C@@H](O)CNCCNCc1cc(Br)ccc1OCc1ccccc1Cl. The fourth-order valence-electron chi connectivity index (χ4n) is 2.31. The number of aliphatic hydroxyl groups is 1. The Morgan fingerprint density at radius 1 is 1.12 bits per heavy atom. The minimum absolute atomic E-state index is 0.324. The zero-order valence-corrected chi connectivity index (χ0v) is 16.6. The summed E-state index contributed by atoms with van der Waals surface area (Å²) in [5.41, 5.74) is 2.05. The first-order valence-corrected chi connectivity index (χ1v) is 9.47. The molecular formula is C19H24BrClN2O2. The maximum Gasteiger partial charge on any atom is 0.124 e. The van der Waals surface area contributed by atoms with Gasteiger partial charge in [0.1, 0.15) is 12.4 Å². The monoisotopic (exact) mass is 426 g/mol. The van der Waals surface area contributed by atoms with E-state index >= 15 is 0 Å². The van der Waals surface area contributed by atoms with Gasteiger partial charge in [-0.15, -0.1) is 0 Å². The van der Waals surface area contributed by atoms with Gasteiger partial charge in [0.05, 0.1) is 6.10 Å². The quantitative estimate of drug-likeness (QED) is 0.506. The van der Waals surface area contributed by atoms with E-state index < -0.39 is 0 Å². The third kappa shape index (κ3) is 7.34. The molecule has 0 aliphatic heterocycles. The summed E-state index contributed by atoms with van der Waals surface area (Å²) >= 11 is 9.69. The Morgan fingerprint density at radius 3 is 2.64 bits per heavy atom. The minimum Gasteiger partial charge on any atom is -0.489 e. The topological polar surface area (TPSA) is 53.5 Å². The van der Waals surface area contributed by atoms with Crippen molar-refractivity contribution in [3.8, 4) is 5.75 Å². The molecule has 0 fully saturated rings. The van der Waals surface area contributed by atoms with E-state index in [0.29, 0.717) is 24.7 Å². The summed E-state index contributed by atoms with van der Waals surface area (Å²) in [6.45, 7) is 5.12. The van der Waals surface area contributed by atoms with Crippen molar-refractivity contribution in [2.24, 2.45) is 0 Å². The molecule has 3 N–H and O–H groups in total. The van der Waals surface area contributed by atoms with Gasteiger partial charge in [-0.2, -0.15) is 0 Å². The lowest BCUT2D eigenvalue weighted by molar-refractivity contribution is 0.191. The normalized spacial score (nSPS) is 12.2. The summed E-state index contributed by atoms with van der Waals surface area (Å²) in [6, 6.07) is 13.7. The lowest BCUT2D eigenvalue weighted by atomic mass is 10.2. The number of benzene rings is 2. The Bertz CT molecular complexity index is 668. The molecule has 6 heteroatoms. The van der Waals surface area contributed by atoms with E-state index in [0.717, 1.165) is 34.4 Å². The average Bonchev–Trinajstić information content (AvgIpc) is 2.58. The van der Waals surface area contributed by atoms with Gasteiger partial charge >= 0.3 is 0 Å². The zero-order chi connectivity index (χ0) is 18.1. The van der Waals surface area contributed by atoms with Gasteiger partial charge in [-0.1, -0.05) is 45.7 Å². The first kappa shape index (κ1) is 20.2. The molecule has 25 heavy (non-hydrogen) atoms. The molecule has 0 aliphatic carbocycles. The molecule has 4 nitrogen and oxygen atoms in total. The second-order valence-corrected chi connectivity index (χ2v) is 7.18. The fourth-order valence-corrected chi connectivity index (χ4v) is 2.91. The minimum atomic E-state index is -0.324. The standard InChI is InChI=1S/C19H24BrClN2O2/c1-14(24)11-22-8-9-23-12-16-10-17(20)6-7-19(16)25-13-15-4-2-3-5-18(15)21/h2-7,10,14,22-24H,8-9,11-13H2,1H3/t14-/m1/s1. The Labute approximate surface area is 162 Å². The Kier molecular flexibility index (Phi) is 8.72. The summed E-state index contributed by atoms with van der Waals surface area (Å²) in [5, 5.41) is 16.5. The number of hydrogen-bond acceptors (Lipinski definition) is 4. The fraction of sp³-hybridized carbons (Fsp3) is 0.368. The first-order chi connectivity index (χ1) is 12.1. The molecule has 2 rings (SSSR count). The predicted molar refractivity (Wildman–Crippen MR) is 106 cm³/mol. The third-order valence-corrected chi connectivity index (χ3v) is 4.46. The van der Waals surface area contributed by atoms with Crippen LogP contribution in [0.3, 0.4) is 0 Å². The molecule has 0 amide bonds. The van der Waals surface area contributed by atoms with Crippen molar-refractivity contribution in [2.75, 3.05) is 19.6 Å². The molecule has 0 unspecified atom stereocenters. The lowest BCUT2D eigenvalue weighted by Gasteiger charge is -2.14. The molecule has 0 aromatic heterocycles. The molecule has 2 aromatic carbocycles. The largest absolute Gasteiger partial charge is 0.489 e. The van der Waals surface area contributed by atoms with Gasteiger partial charge in [0.15, 0.2) is 0 Å². The van der Waals surface area contributed by atoms with Crippen LogP contribution in [0.25, 0.3) is 0 Å². The molecule has 0 radical (unpaired) electrons. The van der Waals surface area contributed by atoms with Crippen molar-refractivity contribution in [3.63, 3.8) is 0 Å². The van der Waals surface area contributed by atoms with E-state index in [2.05, 4.69) is 32.6 Å². The molecular weight excluding hydrogens is 404 g/mol. The third-order valence-electron chi connectivity index (χ3n) is 3.60. The van der Waals surface area contributed by atoms with Crippen LogP contribution in [-0.2, 0) is 13.2 Å². The van der Waals surface area contributed by atoms with Gasteiger partial charge in [-0.25, -0.2) is 0 Å². The second kappa shape index (κ2) is 10.8. The van der Waals surface area contributed by atoms with Crippen molar-refractivity contribution in [3.05, 3.63) is 63.1 Å². The van der Waals surface area contributed by atoms with Crippen molar-refractivity contribution < 1.29 is 9.84 Å². The van der Waals surface area contributed by atoms with E-state index in [1.807, 2.05) is 36.4 Å². The van der Waals surface area contributed by atoms with Crippen LogP contribution in [0, 0.1) is 0 Å². The van der Waals surface area contributed by atoms with Crippen LogP contribution in [0.2, 0.25) is 5.02 Å². The highest BCUT2D eigenvalue weighted by molar-refractivity contribution is 9.10. The molecule has 0 bridgehead atoms. The smallest absolute Gasteiger partial charge is 0.124 e. The number of halogens is 2. The van der Waals surface area contributed by atoms with Crippen LogP contribution < -0.4 is 15.4 Å². The lowest BCUT2D eigenvalue weighted by Crippen LogP contribution is -2.31. The molecule has 1 atom stereocenters. The molecule has 0 saturated heterocycles. The van der Waals surface area contributed by atoms with Crippen LogP contribution in [-0.4, -0.2) is 30.8 Å². The van der Waals surface area contributed by atoms with Gasteiger partial charge in [-0.05, 0) is 31.2 Å². The van der Waals surface area contributed by atoms with Gasteiger partial charge in [0.25, 0.3) is 0 Å². The van der Waals surface area contributed by atoms with Crippen LogP contribution in [0.1, 0.15) is 18.1 Å². The van der Waals surface area contributed by atoms with Crippen molar-refractivity contribution in [1.29, 1.82) is 0 Å². The molecule has 0 spiro atoms.